The summed E-state index contributed by atoms with van der Waals surface area (Å²) in [6.45, 7) is 2.05. The maximum Gasteiger partial charge on any atom is 0.416 e. The summed E-state index contributed by atoms with van der Waals surface area (Å²) in [5, 5.41) is 0. The van der Waals surface area contributed by atoms with E-state index in [1.165, 1.54) is 24.1 Å². The molecule has 0 N–H and O–H groups in total. The molecule has 0 saturated carbocycles. The third kappa shape index (κ3) is 5.43. The monoisotopic (exact) mass is 374 g/mol. The van der Waals surface area contributed by atoms with Crippen molar-refractivity contribution in [1.82, 2.24) is 9.80 Å². The van der Waals surface area contributed by atoms with Crippen LogP contribution in [0, 0.1) is 0 Å². The molecule has 1 aromatic carbocycles. The molecule has 1 fully saturated rings. The topological polar surface area (TPSA) is 59.1 Å². The fraction of sp³-hybridized carbons (Fsp3) is 0.529. The van der Waals surface area contributed by atoms with Gasteiger partial charge in [-0.2, -0.15) is 13.2 Å². The molecule has 1 aliphatic heterocycles. The second kappa shape index (κ2) is 9.00. The van der Waals surface area contributed by atoms with Gasteiger partial charge in [-0.1, -0.05) is 0 Å². The number of hydrogen-bond acceptors (Lipinski definition) is 4. The predicted molar refractivity (Wildman–Crippen MR) is 86.6 cm³/mol. The summed E-state index contributed by atoms with van der Waals surface area (Å²) < 4.78 is 47.7. The van der Waals surface area contributed by atoms with E-state index in [1.807, 2.05) is 0 Å². The van der Waals surface area contributed by atoms with Crippen LogP contribution in [0.15, 0.2) is 24.3 Å². The normalized spacial score (nSPS) is 15.2. The van der Waals surface area contributed by atoms with Gasteiger partial charge in [0.2, 0.25) is 5.91 Å². The number of carbonyl (C=O) groups is 2. The highest BCUT2D eigenvalue weighted by molar-refractivity contribution is 5.94. The molecule has 144 valence electrons. The zero-order valence-electron chi connectivity index (χ0n) is 14.4. The molecule has 26 heavy (non-hydrogen) atoms. The SMILES string of the molecule is COCCOCC(=O)N1CCN(C(=O)c2ccc(C(F)(F)F)cc2)CC1. The van der Waals surface area contributed by atoms with E-state index >= 15 is 0 Å². The molecular weight excluding hydrogens is 353 g/mol. The van der Waals surface area contributed by atoms with Crippen LogP contribution in [0.4, 0.5) is 13.2 Å². The van der Waals surface area contributed by atoms with Crippen LogP contribution in [0.25, 0.3) is 0 Å². The standard InChI is InChI=1S/C17H21F3N2O4/c1-25-10-11-26-12-15(23)21-6-8-22(9-7-21)16(24)13-2-4-14(5-3-13)17(18,19)20/h2-5H,6-12H2,1H3. The van der Waals surface area contributed by atoms with Gasteiger partial charge in [0.05, 0.1) is 18.8 Å². The second-order valence-corrected chi connectivity index (χ2v) is 5.79. The maximum atomic E-state index is 12.6. The lowest BCUT2D eigenvalue weighted by Crippen LogP contribution is -2.51. The Morgan fingerprint density at radius 2 is 1.58 bits per heavy atom. The largest absolute Gasteiger partial charge is 0.416 e. The van der Waals surface area contributed by atoms with Crippen molar-refractivity contribution in [3.63, 3.8) is 0 Å². The summed E-state index contributed by atoms with van der Waals surface area (Å²) in [6, 6.07) is 4.13. The number of ether oxygens (including phenoxy) is 2. The first-order valence-corrected chi connectivity index (χ1v) is 8.14. The average molecular weight is 374 g/mol. The van der Waals surface area contributed by atoms with Crippen molar-refractivity contribution in [2.45, 2.75) is 6.18 Å². The summed E-state index contributed by atoms with van der Waals surface area (Å²) in [4.78, 5) is 27.5. The zero-order chi connectivity index (χ0) is 19.2. The minimum Gasteiger partial charge on any atom is -0.382 e. The number of alkyl halides is 3. The maximum absolute atomic E-state index is 12.6. The molecule has 6 nitrogen and oxygen atoms in total. The van der Waals surface area contributed by atoms with Crippen LogP contribution in [-0.2, 0) is 20.4 Å². The van der Waals surface area contributed by atoms with Crippen LogP contribution < -0.4 is 0 Å². The number of halogens is 3. The predicted octanol–water partition coefficient (Wildman–Crippen LogP) is 1.65. The molecule has 1 saturated heterocycles. The quantitative estimate of drug-likeness (QED) is 0.711. The molecule has 1 heterocycles. The minimum atomic E-state index is -4.43. The molecule has 0 aliphatic carbocycles. The van der Waals surface area contributed by atoms with Crippen LogP contribution in [0.2, 0.25) is 0 Å². The summed E-state index contributed by atoms with van der Waals surface area (Å²) >= 11 is 0. The lowest BCUT2D eigenvalue weighted by Gasteiger charge is -2.34. The lowest BCUT2D eigenvalue weighted by atomic mass is 10.1. The summed E-state index contributed by atoms with van der Waals surface area (Å²) in [5.41, 5.74) is -0.599. The molecule has 0 atom stereocenters. The average Bonchev–Trinajstić information content (AvgIpc) is 2.64. The van der Waals surface area contributed by atoms with Crippen molar-refractivity contribution in [3.8, 4) is 0 Å². The Hall–Kier alpha value is -2.13. The van der Waals surface area contributed by atoms with Gasteiger partial charge in [-0.3, -0.25) is 9.59 Å². The Kier molecular flexibility index (Phi) is 6.98. The fourth-order valence-electron chi connectivity index (χ4n) is 2.54. The Morgan fingerprint density at radius 1 is 1.00 bits per heavy atom. The number of hydrogen-bond donors (Lipinski definition) is 0. The highest BCUT2D eigenvalue weighted by Crippen LogP contribution is 2.29. The zero-order valence-corrected chi connectivity index (χ0v) is 14.4. The van der Waals surface area contributed by atoms with E-state index in [9.17, 15) is 22.8 Å². The summed E-state index contributed by atoms with van der Waals surface area (Å²) in [7, 11) is 1.54. The lowest BCUT2D eigenvalue weighted by molar-refractivity contribution is -0.138. The van der Waals surface area contributed by atoms with Crippen LogP contribution in [-0.4, -0.2) is 74.7 Å². The first-order chi connectivity index (χ1) is 12.3. The highest BCUT2D eigenvalue weighted by Gasteiger charge is 2.31. The smallest absolute Gasteiger partial charge is 0.382 e. The molecule has 0 spiro atoms. The fourth-order valence-corrected chi connectivity index (χ4v) is 2.54. The third-order valence-electron chi connectivity index (χ3n) is 4.04. The van der Waals surface area contributed by atoms with Crippen molar-refractivity contribution >= 4 is 11.8 Å². The number of nitrogens with zero attached hydrogens (tertiary/aromatic N) is 2. The van der Waals surface area contributed by atoms with E-state index in [2.05, 4.69) is 0 Å². The molecule has 9 heteroatoms. The van der Waals surface area contributed by atoms with Gasteiger partial charge in [0.25, 0.3) is 5.91 Å². The van der Waals surface area contributed by atoms with Gasteiger partial charge in [-0.25, -0.2) is 0 Å². The minimum absolute atomic E-state index is 0.0454. The Labute approximate surface area is 149 Å². The van der Waals surface area contributed by atoms with E-state index in [0.29, 0.717) is 39.4 Å². The van der Waals surface area contributed by atoms with Crippen molar-refractivity contribution in [3.05, 3.63) is 35.4 Å². The Bertz CT molecular complexity index is 611. The highest BCUT2D eigenvalue weighted by atomic mass is 19.4. The van der Waals surface area contributed by atoms with E-state index < -0.39 is 11.7 Å². The molecule has 0 radical (unpaired) electrons. The van der Waals surface area contributed by atoms with Crippen molar-refractivity contribution < 1.29 is 32.2 Å². The Morgan fingerprint density at radius 3 is 2.12 bits per heavy atom. The van der Waals surface area contributed by atoms with Gasteiger partial charge in [0, 0.05) is 38.9 Å². The van der Waals surface area contributed by atoms with Crippen LogP contribution in [0.1, 0.15) is 15.9 Å². The molecule has 1 aromatic rings. The molecule has 0 bridgehead atoms. The molecular formula is C17H21F3N2O4. The van der Waals surface area contributed by atoms with Gasteiger partial charge in [0.1, 0.15) is 6.61 Å². The van der Waals surface area contributed by atoms with Crippen LogP contribution in [0.5, 0.6) is 0 Å². The van der Waals surface area contributed by atoms with Gasteiger partial charge in [-0.15, -0.1) is 0 Å². The van der Waals surface area contributed by atoms with E-state index in [1.54, 1.807) is 4.90 Å². The molecule has 2 amide bonds. The second-order valence-electron chi connectivity index (χ2n) is 5.79. The molecule has 0 aromatic heterocycles. The number of rotatable bonds is 6. The molecule has 2 rings (SSSR count). The first-order valence-electron chi connectivity index (χ1n) is 8.14. The number of methoxy groups -OCH3 is 1. The number of piperazine rings is 1. The van der Waals surface area contributed by atoms with Crippen LogP contribution >= 0.6 is 0 Å². The van der Waals surface area contributed by atoms with Gasteiger partial charge in [-0.05, 0) is 24.3 Å². The van der Waals surface area contributed by atoms with Crippen molar-refractivity contribution in [1.29, 1.82) is 0 Å². The number of amides is 2. The Balaban J connectivity index is 1.83. The summed E-state index contributed by atoms with van der Waals surface area (Å²) in [5.74, 6) is -0.509. The van der Waals surface area contributed by atoms with E-state index in [0.717, 1.165) is 12.1 Å². The van der Waals surface area contributed by atoms with Crippen molar-refractivity contribution in [2.24, 2.45) is 0 Å². The third-order valence-corrected chi connectivity index (χ3v) is 4.04. The number of carbonyl (C=O) groups excluding carboxylic acids is 2. The van der Waals surface area contributed by atoms with E-state index in [-0.39, 0.29) is 24.0 Å². The van der Waals surface area contributed by atoms with Crippen molar-refractivity contribution in [2.75, 3.05) is 53.1 Å². The van der Waals surface area contributed by atoms with Gasteiger partial charge < -0.3 is 19.3 Å². The van der Waals surface area contributed by atoms with Crippen LogP contribution in [0.3, 0.4) is 0 Å². The molecule has 0 unspecified atom stereocenters. The van der Waals surface area contributed by atoms with Gasteiger partial charge in [0.15, 0.2) is 0 Å². The first kappa shape index (κ1) is 20.2. The summed E-state index contributed by atoms with van der Waals surface area (Å²) in [6.07, 6.45) is -4.43. The van der Waals surface area contributed by atoms with Gasteiger partial charge >= 0.3 is 6.18 Å². The number of benzene rings is 1. The molecule has 1 aliphatic rings. The van der Waals surface area contributed by atoms with E-state index in [4.69, 9.17) is 9.47 Å².